The lowest BCUT2D eigenvalue weighted by Crippen LogP contribution is -2.26. The molecule has 0 spiro atoms. The summed E-state index contributed by atoms with van der Waals surface area (Å²) in [5.74, 6) is 1.12. The number of hydrogen-bond acceptors (Lipinski definition) is 6. The minimum Gasteiger partial charge on any atom is -0.384 e. The standard InChI is InChI=1S/C9H16N4O2/c1-14-5-7(15-2)4-11-9-3-8(10)12-6-13-9/h3,6-7H,4-5H2,1-2H3,(H3,10,11,12,13). The molecular weight excluding hydrogens is 196 g/mol. The van der Waals surface area contributed by atoms with Gasteiger partial charge in [-0.1, -0.05) is 0 Å². The molecule has 0 saturated heterocycles. The molecule has 0 bridgehead atoms. The molecule has 1 unspecified atom stereocenters. The molecule has 0 fully saturated rings. The van der Waals surface area contributed by atoms with E-state index in [9.17, 15) is 0 Å². The van der Waals surface area contributed by atoms with Crippen LogP contribution in [0.5, 0.6) is 0 Å². The number of rotatable bonds is 6. The second kappa shape index (κ2) is 6.15. The molecule has 0 radical (unpaired) electrons. The van der Waals surface area contributed by atoms with E-state index >= 15 is 0 Å². The molecular formula is C9H16N4O2. The number of nitrogens with one attached hydrogen (secondary N) is 1. The van der Waals surface area contributed by atoms with Crippen LogP contribution in [-0.4, -0.2) is 43.4 Å². The van der Waals surface area contributed by atoms with E-state index < -0.39 is 0 Å². The Kier molecular flexibility index (Phi) is 4.79. The first-order valence-corrected chi connectivity index (χ1v) is 4.59. The van der Waals surface area contributed by atoms with E-state index in [2.05, 4.69) is 15.3 Å². The van der Waals surface area contributed by atoms with Gasteiger partial charge in [0.2, 0.25) is 0 Å². The Hall–Kier alpha value is -1.40. The number of nitrogen functional groups attached to an aromatic ring is 1. The summed E-state index contributed by atoms with van der Waals surface area (Å²) in [6.45, 7) is 1.14. The predicted octanol–water partition coefficient (Wildman–Crippen LogP) is 0.132. The fourth-order valence-corrected chi connectivity index (χ4v) is 1.08. The van der Waals surface area contributed by atoms with Gasteiger partial charge >= 0.3 is 0 Å². The summed E-state index contributed by atoms with van der Waals surface area (Å²) in [6, 6.07) is 1.67. The first-order valence-electron chi connectivity index (χ1n) is 4.59. The van der Waals surface area contributed by atoms with E-state index in [1.165, 1.54) is 6.33 Å². The molecule has 6 nitrogen and oxygen atoms in total. The zero-order valence-corrected chi connectivity index (χ0v) is 8.93. The van der Waals surface area contributed by atoms with Crippen LogP contribution in [0.25, 0.3) is 0 Å². The number of nitrogens with two attached hydrogens (primary N) is 1. The number of aromatic nitrogens is 2. The van der Waals surface area contributed by atoms with Gasteiger partial charge in [0.05, 0.1) is 12.7 Å². The highest BCUT2D eigenvalue weighted by atomic mass is 16.5. The predicted molar refractivity (Wildman–Crippen MR) is 57.6 cm³/mol. The fraction of sp³-hybridized carbons (Fsp3) is 0.556. The summed E-state index contributed by atoms with van der Waals surface area (Å²) in [5.41, 5.74) is 5.51. The molecule has 6 heteroatoms. The third-order valence-electron chi connectivity index (χ3n) is 1.88. The van der Waals surface area contributed by atoms with Crippen LogP contribution < -0.4 is 11.1 Å². The van der Waals surface area contributed by atoms with Crippen molar-refractivity contribution < 1.29 is 9.47 Å². The second-order valence-corrected chi connectivity index (χ2v) is 3.02. The molecule has 0 saturated carbocycles. The first kappa shape index (κ1) is 11.7. The zero-order valence-electron chi connectivity index (χ0n) is 8.93. The third kappa shape index (κ3) is 4.09. The van der Waals surface area contributed by atoms with E-state index in [0.29, 0.717) is 24.8 Å². The van der Waals surface area contributed by atoms with E-state index in [1.54, 1.807) is 20.3 Å². The molecule has 15 heavy (non-hydrogen) atoms. The van der Waals surface area contributed by atoms with Crippen LogP contribution in [0.2, 0.25) is 0 Å². The van der Waals surface area contributed by atoms with Gasteiger partial charge in [-0.3, -0.25) is 0 Å². The summed E-state index contributed by atoms with van der Waals surface area (Å²) in [6.07, 6.45) is 1.40. The normalized spacial score (nSPS) is 12.4. The van der Waals surface area contributed by atoms with Gasteiger partial charge in [0.1, 0.15) is 18.0 Å². The van der Waals surface area contributed by atoms with Crippen molar-refractivity contribution in [2.75, 3.05) is 38.4 Å². The average molecular weight is 212 g/mol. The molecule has 1 aromatic rings. The van der Waals surface area contributed by atoms with E-state index in [-0.39, 0.29) is 6.10 Å². The Bertz CT molecular complexity index is 295. The molecule has 1 rings (SSSR count). The number of nitrogens with zero attached hydrogens (tertiary/aromatic N) is 2. The smallest absolute Gasteiger partial charge is 0.131 e. The molecule has 0 amide bonds. The van der Waals surface area contributed by atoms with Crippen LogP contribution in [0.1, 0.15) is 0 Å². The lowest BCUT2D eigenvalue weighted by atomic mass is 10.3. The maximum atomic E-state index is 5.51. The third-order valence-corrected chi connectivity index (χ3v) is 1.88. The summed E-state index contributed by atoms with van der Waals surface area (Å²) in [5, 5.41) is 3.09. The molecule has 0 aliphatic carbocycles. The van der Waals surface area contributed by atoms with Crippen LogP contribution in [0, 0.1) is 0 Å². The van der Waals surface area contributed by atoms with Crippen molar-refractivity contribution in [2.45, 2.75) is 6.10 Å². The summed E-state index contributed by atoms with van der Waals surface area (Å²) >= 11 is 0. The van der Waals surface area contributed by atoms with Gasteiger partial charge in [-0.2, -0.15) is 0 Å². The highest BCUT2D eigenvalue weighted by Crippen LogP contribution is 2.05. The van der Waals surface area contributed by atoms with E-state index in [0.717, 1.165) is 0 Å². The maximum absolute atomic E-state index is 5.51. The van der Waals surface area contributed by atoms with Gasteiger partial charge in [-0.05, 0) is 0 Å². The van der Waals surface area contributed by atoms with Crippen LogP contribution in [0.15, 0.2) is 12.4 Å². The van der Waals surface area contributed by atoms with Crippen molar-refractivity contribution in [1.29, 1.82) is 0 Å². The second-order valence-electron chi connectivity index (χ2n) is 3.02. The summed E-state index contributed by atoms with van der Waals surface area (Å²) < 4.78 is 10.2. The lowest BCUT2D eigenvalue weighted by molar-refractivity contribution is 0.0365. The molecule has 0 aliphatic heterocycles. The zero-order chi connectivity index (χ0) is 11.1. The largest absolute Gasteiger partial charge is 0.384 e. The molecule has 0 aliphatic rings. The van der Waals surface area contributed by atoms with Gasteiger partial charge in [0.25, 0.3) is 0 Å². The minimum atomic E-state index is -0.00816. The van der Waals surface area contributed by atoms with Crippen molar-refractivity contribution in [3.63, 3.8) is 0 Å². The van der Waals surface area contributed by atoms with Crippen molar-refractivity contribution in [3.05, 3.63) is 12.4 Å². The molecule has 1 heterocycles. The van der Waals surface area contributed by atoms with Gasteiger partial charge in [-0.25, -0.2) is 9.97 Å². The van der Waals surface area contributed by atoms with Crippen molar-refractivity contribution in [3.8, 4) is 0 Å². The van der Waals surface area contributed by atoms with Crippen LogP contribution in [0.4, 0.5) is 11.6 Å². The SMILES string of the molecule is COCC(CNc1cc(N)ncn1)OC. The number of anilines is 2. The highest BCUT2D eigenvalue weighted by Gasteiger charge is 2.06. The van der Waals surface area contributed by atoms with Crippen LogP contribution in [-0.2, 0) is 9.47 Å². The molecule has 84 valence electrons. The molecule has 0 aromatic carbocycles. The Labute approximate surface area is 88.8 Å². The number of hydrogen-bond donors (Lipinski definition) is 2. The van der Waals surface area contributed by atoms with Crippen molar-refractivity contribution in [2.24, 2.45) is 0 Å². The van der Waals surface area contributed by atoms with Crippen molar-refractivity contribution in [1.82, 2.24) is 9.97 Å². The van der Waals surface area contributed by atoms with E-state index in [4.69, 9.17) is 15.2 Å². The van der Waals surface area contributed by atoms with Crippen molar-refractivity contribution >= 4 is 11.6 Å². The Morgan fingerprint density at radius 1 is 1.47 bits per heavy atom. The Morgan fingerprint density at radius 2 is 2.27 bits per heavy atom. The topological polar surface area (TPSA) is 82.3 Å². The Balaban J connectivity index is 2.41. The Morgan fingerprint density at radius 3 is 2.87 bits per heavy atom. The highest BCUT2D eigenvalue weighted by molar-refractivity contribution is 5.43. The monoisotopic (exact) mass is 212 g/mol. The van der Waals surface area contributed by atoms with Gasteiger partial charge in [0.15, 0.2) is 0 Å². The van der Waals surface area contributed by atoms with Gasteiger partial charge in [0, 0.05) is 26.8 Å². The lowest BCUT2D eigenvalue weighted by Gasteiger charge is -2.15. The summed E-state index contributed by atoms with van der Waals surface area (Å²) in [7, 11) is 3.27. The minimum absolute atomic E-state index is 0.00816. The quantitative estimate of drug-likeness (QED) is 0.697. The molecule has 1 aromatic heterocycles. The number of methoxy groups -OCH3 is 2. The van der Waals surface area contributed by atoms with Gasteiger partial charge < -0.3 is 20.5 Å². The van der Waals surface area contributed by atoms with Crippen LogP contribution >= 0.6 is 0 Å². The fourth-order valence-electron chi connectivity index (χ4n) is 1.08. The maximum Gasteiger partial charge on any atom is 0.131 e. The summed E-state index contributed by atoms with van der Waals surface area (Å²) in [4.78, 5) is 7.80. The number of ether oxygens (including phenoxy) is 2. The molecule has 3 N–H and O–H groups in total. The van der Waals surface area contributed by atoms with Crippen LogP contribution in [0.3, 0.4) is 0 Å². The van der Waals surface area contributed by atoms with Gasteiger partial charge in [-0.15, -0.1) is 0 Å². The molecule has 1 atom stereocenters. The van der Waals surface area contributed by atoms with E-state index in [1.807, 2.05) is 0 Å². The first-order chi connectivity index (χ1) is 7.26. The average Bonchev–Trinajstić information content (AvgIpc) is 2.24.